The van der Waals surface area contributed by atoms with Crippen LogP contribution in [0.4, 0.5) is 5.69 Å². The second-order valence-corrected chi connectivity index (χ2v) is 7.19. The highest BCUT2D eigenvalue weighted by Gasteiger charge is 2.34. The van der Waals surface area contributed by atoms with E-state index < -0.39 is 0 Å². The number of rotatable bonds is 7. The summed E-state index contributed by atoms with van der Waals surface area (Å²) < 4.78 is 1.23. The summed E-state index contributed by atoms with van der Waals surface area (Å²) in [5.41, 5.74) is 3.25. The highest BCUT2D eigenvalue weighted by Crippen LogP contribution is 2.39. The van der Waals surface area contributed by atoms with Crippen LogP contribution in [0.15, 0.2) is 22.7 Å². The van der Waals surface area contributed by atoms with Gasteiger partial charge in [0.2, 0.25) is 0 Å². The molecule has 1 aromatic rings. The van der Waals surface area contributed by atoms with Gasteiger partial charge in [0.15, 0.2) is 0 Å². The van der Waals surface area contributed by atoms with Crippen molar-refractivity contribution in [3.63, 3.8) is 0 Å². The Morgan fingerprint density at radius 1 is 1.24 bits per heavy atom. The summed E-state index contributed by atoms with van der Waals surface area (Å²) in [5, 5.41) is 3.47. The summed E-state index contributed by atoms with van der Waals surface area (Å²) in [6.45, 7) is 11.3. The normalized spacial score (nSPS) is 17.4. The fourth-order valence-electron chi connectivity index (χ4n) is 3.26. The number of anilines is 1. The molecule has 3 heteroatoms. The SMILES string of the molecule is CCCNCc1ccc(N2CCC(CC)(CC)C2)cc1Br. The van der Waals surface area contributed by atoms with Crippen molar-refractivity contribution >= 4 is 21.6 Å². The van der Waals surface area contributed by atoms with Gasteiger partial charge in [0.05, 0.1) is 0 Å². The predicted octanol–water partition coefficient (Wildman–Crippen LogP) is 4.97. The van der Waals surface area contributed by atoms with Crippen LogP contribution in [0.2, 0.25) is 0 Å². The maximum Gasteiger partial charge on any atom is 0.0377 e. The lowest BCUT2D eigenvalue weighted by molar-refractivity contribution is 0.301. The summed E-state index contributed by atoms with van der Waals surface area (Å²) in [5.74, 6) is 0. The fourth-order valence-corrected chi connectivity index (χ4v) is 3.77. The predicted molar refractivity (Wildman–Crippen MR) is 96.0 cm³/mol. The smallest absolute Gasteiger partial charge is 0.0377 e. The molecule has 0 amide bonds. The monoisotopic (exact) mass is 352 g/mol. The lowest BCUT2D eigenvalue weighted by atomic mass is 9.82. The molecular weight excluding hydrogens is 324 g/mol. The Balaban J connectivity index is 2.03. The summed E-state index contributed by atoms with van der Waals surface area (Å²) >= 11 is 3.74. The summed E-state index contributed by atoms with van der Waals surface area (Å²) in [7, 11) is 0. The van der Waals surface area contributed by atoms with E-state index >= 15 is 0 Å². The first-order chi connectivity index (χ1) is 10.1. The molecule has 0 spiro atoms. The zero-order valence-electron chi connectivity index (χ0n) is 13.7. The lowest BCUT2D eigenvalue weighted by Gasteiger charge is -2.27. The van der Waals surface area contributed by atoms with Crippen molar-refractivity contribution in [2.75, 3.05) is 24.5 Å². The number of nitrogens with zero attached hydrogens (tertiary/aromatic N) is 1. The van der Waals surface area contributed by atoms with Crippen LogP contribution in [-0.4, -0.2) is 19.6 Å². The van der Waals surface area contributed by atoms with E-state index in [2.05, 4.69) is 65.1 Å². The van der Waals surface area contributed by atoms with Crippen LogP contribution in [0.3, 0.4) is 0 Å². The number of nitrogens with one attached hydrogen (secondary N) is 1. The van der Waals surface area contributed by atoms with Gasteiger partial charge in [-0.1, -0.05) is 42.8 Å². The first-order valence-electron chi connectivity index (χ1n) is 8.38. The lowest BCUT2D eigenvalue weighted by Crippen LogP contribution is -2.26. The molecule has 21 heavy (non-hydrogen) atoms. The Morgan fingerprint density at radius 3 is 2.57 bits per heavy atom. The molecule has 0 bridgehead atoms. The summed E-state index contributed by atoms with van der Waals surface area (Å²) in [6.07, 6.45) is 5.09. The minimum atomic E-state index is 0.536. The molecule has 1 aromatic carbocycles. The highest BCUT2D eigenvalue weighted by molar-refractivity contribution is 9.10. The summed E-state index contributed by atoms with van der Waals surface area (Å²) in [4.78, 5) is 2.56. The molecule has 0 aliphatic carbocycles. The minimum absolute atomic E-state index is 0.536. The van der Waals surface area contributed by atoms with Gasteiger partial charge < -0.3 is 10.2 Å². The second-order valence-electron chi connectivity index (χ2n) is 6.33. The van der Waals surface area contributed by atoms with E-state index in [9.17, 15) is 0 Å². The maximum atomic E-state index is 3.74. The highest BCUT2D eigenvalue weighted by atomic mass is 79.9. The molecule has 0 aromatic heterocycles. The number of hydrogen-bond donors (Lipinski definition) is 1. The van der Waals surface area contributed by atoms with E-state index in [1.807, 2.05) is 0 Å². The largest absolute Gasteiger partial charge is 0.371 e. The molecule has 0 radical (unpaired) electrons. The molecular formula is C18H29BrN2. The van der Waals surface area contributed by atoms with Crippen LogP contribution < -0.4 is 10.2 Å². The van der Waals surface area contributed by atoms with Gasteiger partial charge in [-0.05, 0) is 55.3 Å². The molecule has 1 fully saturated rings. The third-order valence-electron chi connectivity index (χ3n) is 5.08. The van der Waals surface area contributed by atoms with Crippen LogP contribution in [0.25, 0.3) is 0 Å². The van der Waals surface area contributed by atoms with Crippen LogP contribution in [-0.2, 0) is 6.54 Å². The van der Waals surface area contributed by atoms with Crippen molar-refractivity contribution in [1.29, 1.82) is 0 Å². The van der Waals surface area contributed by atoms with E-state index in [0.29, 0.717) is 5.41 Å². The zero-order valence-corrected chi connectivity index (χ0v) is 15.3. The van der Waals surface area contributed by atoms with Gasteiger partial charge in [-0.15, -0.1) is 0 Å². The molecule has 1 heterocycles. The molecule has 2 rings (SSSR count). The standard InChI is InChI=1S/C18H29BrN2/c1-4-10-20-13-15-7-8-16(12-17(15)19)21-11-9-18(5-2,6-3)14-21/h7-8,12,20H,4-6,9-11,13-14H2,1-3H3. The maximum absolute atomic E-state index is 3.74. The second kappa shape index (κ2) is 7.64. The fraction of sp³-hybridized carbons (Fsp3) is 0.667. The van der Waals surface area contributed by atoms with E-state index in [-0.39, 0.29) is 0 Å². The third kappa shape index (κ3) is 4.01. The quantitative estimate of drug-likeness (QED) is 0.697. The van der Waals surface area contributed by atoms with Gasteiger partial charge in [0, 0.05) is 29.8 Å². The van der Waals surface area contributed by atoms with Gasteiger partial charge >= 0.3 is 0 Å². The van der Waals surface area contributed by atoms with E-state index in [4.69, 9.17) is 0 Å². The summed E-state index contributed by atoms with van der Waals surface area (Å²) in [6, 6.07) is 6.85. The van der Waals surface area contributed by atoms with Crippen LogP contribution in [0, 0.1) is 5.41 Å². The average Bonchev–Trinajstić information content (AvgIpc) is 2.94. The topological polar surface area (TPSA) is 15.3 Å². The Bertz CT molecular complexity index is 455. The first-order valence-corrected chi connectivity index (χ1v) is 9.17. The first kappa shape index (κ1) is 16.8. The zero-order chi connectivity index (χ0) is 15.3. The third-order valence-corrected chi connectivity index (χ3v) is 5.82. The molecule has 1 saturated heterocycles. The van der Waals surface area contributed by atoms with Gasteiger partial charge in [-0.2, -0.15) is 0 Å². The van der Waals surface area contributed by atoms with Crippen molar-refractivity contribution < 1.29 is 0 Å². The number of benzene rings is 1. The van der Waals surface area contributed by atoms with Gasteiger partial charge in [0.1, 0.15) is 0 Å². The Hall–Kier alpha value is -0.540. The van der Waals surface area contributed by atoms with Crippen molar-refractivity contribution in [3.05, 3.63) is 28.2 Å². The van der Waals surface area contributed by atoms with E-state index in [1.54, 1.807) is 0 Å². The number of hydrogen-bond acceptors (Lipinski definition) is 2. The van der Waals surface area contributed by atoms with Crippen LogP contribution in [0.5, 0.6) is 0 Å². The Labute approximate surface area is 138 Å². The molecule has 0 atom stereocenters. The van der Waals surface area contributed by atoms with Crippen molar-refractivity contribution in [3.8, 4) is 0 Å². The van der Waals surface area contributed by atoms with E-state index in [1.165, 1.54) is 54.5 Å². The van der Waals surface area contributed by atoms with Gasteiger partial charge in [-0.3, -0.25) is 0 Å². The van der Waals surface area contributed by atoms with E-state index in [0.717, 1.165) is 13.1 Å². The number of halogens is 1. The molecule has 0 unspecified atom stereocenters. The van der Waals surface area contributed by atoms with Gasteiger partial charge in [0.25, 0.3) is 0 Å². The van der Waals surface area contributed by atoms with Crippen molar-refractivity contribution in [2.45, 2.75) is 53.0 Å². The van der Waals surface area contributed by atoms with Gasteiger partial charge in [-0.25, -0.2) is 0 Å². The molecule has 2 nitrogen and oxygen atoms in total. The minimum Gasteiger partial charge on any atom is -0.371 e. The molecule has 0 saturated carbocycles. The molecule has 1 aliphatic heterocycles. The van der Waals surface area contributed by atoms with Crippen molar-refractivity contribution in [2.24, 2.45) is 5.41 Å². The Morgan fingerprint density at radius 2 is 2.00 bits per heavy atom. The van der Waals surface area contributed by atoms with Crippen LogP contribution >= 0.6 is 15.9 Å². The molecule has 1 aliphatic rings. The Kier molecular flexibility index (Phi) is 6.12. The van der Waals surface area contributed by atoms with Crippen molar-refractivity contribution in [1.82, 2.24) is 5.32 Å². The van der Waals surface area contributed by atoms with Crippen LogP contribution in [0.1, 0.15) is 52.0 Å². The average molecular weight is 353 g/mol. The molecule has 1 N–H and O–H groups in total. The molecule has 118 valence electrons.